The first-order valence-corrected chi connectivity index (χ1v) is 7.37. The smallest absolute Gasteiger partial charge is 0.127 e. The number of halogens is 1. The molecule has 4 heteroatoms. The molecule has 0 heterocycles. The van der Waals surface area contributed by atoms with Crippen molar-refractivity contribution in [2.45, 2.75) is 25.1 Å². The minimum atomic E-state index is 0.658. The van der Waals surface area contributed by atoms with Crippen LogP contribution in [0, 0.1) is 0 Å². The summed E-state index contributed by atoms with van der Waals surface area (Å²) in [6.45, 7) is 4.20. The maximum atomic E-state index is 5.76. The van der Waals surface area contributed by atoms with Gasteiger partial charge in [0.05, 0.1) is 13.2 Å². The van der Waals surface area contributed by atoms with Gasteiger partial charge in [0.1, 0.15) is 11.5 Å². The van der Waals surface area contributed by atoms with Crippen LogP contribution in [0.4, 0.5) is 0 Å². The van der Waals surface area contributed by atoms with Crippen molar-refractivity contribution < 1.29 is 14.2 Å². The van der Waals surface area contributed by atoms with Crippen LogP contribution in [0.1, 0.15) is 25.3 Å². The number of rotatable bonds is 9. The summed E-state index contributed by atoms with van der Waals surface area (Å²) < 4.78 is 16.4. The first-order valence-electron chi connectivity index (χ1n) is 6.25. The zero-order valence-corrected chi connectivity index (χ0v) is 12.7. The lowest BCUT2D eigenvalue weighted by Crippen LogP contribution is -2.03. The molecule has 0 amide bonds. The van der Waals surface area contributed by atoms with Gasteiger partial charge in [-0.25, -0.2) is 0 Å². The molecule has 102 valence electrons. The van der Waals surface area contributed by atoms with Gasteiger partial charge < -0.3 is 14.2 Å². The number of benzene rings is 1. The summed E-state index contributed by atoms with van der Waals surface area (Å²) in [6, 6.07) is 5.97. The Balaban J connectivity index is 2.60. The topological polar surface area (TPSA) is 27.7 Å². The summed E-state index contributed by atoms with van der Waals surface area (Å²) in [4.78, 5) is 0. The number of methoxy groups -OCH3 is 1. The first-order chi connectivity index (χ1) is 8.81. The van der Waals surface area contributed by atoms with E-state index in [2.05, 4.69) is 22.9 Å². The van der Waals surface area contributed by atoms with Crippen molar-refractivity contribution in [3.05, 3.63) is 23.8 Å². The number of hydrogen-bond acceptors (Lipinski definition) is 3. The molecular formula is C14H21BrO3. The van der Waals surface area contributed by atoms with Crippen molar-refractivity contribution >= 4 is 15.9 Å². The van der Waals surface area contributed by atoms with Crippen molar-refractivity contribution in [2.24, 2.45) is 0 Å². The molecule has 1 aromatic carbocycles. The molecule has 0 unspecified atom stereocenters. The standard InChI is InChI=1S/C14H21BrO3/c1-3-7-17-13-6-5-12(11-15)14(10-13)18-9-4-8-16-2/h5-6,10H,3-4,7-9,11H2,1-2H3. The summed E-state index contributed by atoms with van der Waals surface area (Å²) in [5.74, 6) is 1.75. The fraction of sp³-hybridized carbons (Fsp3) is 0.571. The van der Waals surface area contributed by atoms with Crippen LogP contribution in [0.5, 0.6) is 11.5 Å². The van der Waals surface area contributed by atoms with Crippen LogP contribution in [0.25, 0.3) is 0 Å². The molecule has 0 spiro atoms. The van der Waals surface area contributed by atoms with Crippen molar-refractivity contribution in [1.82, 2.24) is 0 Å². The van der Waals surface area contributed by atoms with E-state index in [1.807, 2.05) is 18.2 Å². The van der Waals surface area contributed by atoms with Gasteiger partial charge in [-0.15, -0.1) is 0 Å². The van der Waals surface area contributed by atoms with Crippen LogP contribution in [-0.2, 0) is 10.1 Å². The normalized spacial score (nSPS) is 10.4. The number of hydrogen-bond donors (Lipinski definition) is 0. The van der Waals surface area contributed by atoms with E-state index in [1.165, 1.54) is 0 Å². The summed E-state index contributed by atoms with van der Waals surface area (Å²) in [5.41, 5.74) is 1.14. The van der Waals surface area contributed by atoms with Gasteiger partial charge in [0.25, 0.3) is 0 Å². The third kappa shape index (κ3) is 5.27. The highest BCUT2D eigenvalue weighted by Crippen LogP contribution is 2.27. The highest BCUT2D eigenvalue weighted by Gasteiger charge is 2.05. The van der Waals surface area contributed by atoms with Crippen LogP contribution < -0.4 is 9.47 Å². The molecule has 0 saturated heterocycles. The molecule has 0 saturated carbocycles. The largest absolute Gasteiger partial charge is 0.493 e. The second-order valence-corrected chi connectivity index (χ2v) is 4.51. The van der Waals surface area contributed by atoms with Crippen molar-refractivity contribution in [3.63, 3.8) is 0 Å². The Morgan fingerprint density at radius 3 is 2.61 bits per heavy atom. The molecule has 0 radical (unpaired) electrons. The van der Waals surface area contributed by atoms with Crippen LogP contribution in [0.3, 0.4) is 0 Å². The third-order valence-electron chi connectivity index (χ3n) is 2.41. The van der Waals surface area contributed by atoms with Crippen molar-refractivity contribution in [1.29, 1.82) is 0 Å². The Labute approximate surface area is 118 Å². The Kier molecular flexibility index (Phi) is 7.85. The second kappa shape index (κ2) is 9.22. The number of alkyl halides is 1. The van der Waals surface area contributed by atoms with E-state index in [0.29, 0.717) is 6.61 Å². The Bertz CT molecular complexity index is 342. The maximum Gasteiger partial charge on any atom is 0.127 e. The molecule has 0 bridgehead atoms. The van der Waals surface area contributed by atoms with Crippen molar-refractivity contribution in [3.8, 4) is 11.5 Å². The van der Waals surface area contributed by atoms with E-state index in [-0.39, 0.29) is 0 Å². The minimum Gasteiger partial charge on any atom is -0.493 e. The molecule has 1 rings (SSSR count). The highest BCUT2D eigenvalue weighted by atomic mass is 79.9. The molecular weight excluding hydrogens is 296 g/mol. The minimum absolute atomic E-state index is 0.658. The van der Waals surface area contributed by atoms with Crippen LogP contribution in [0.15, 0.2) is 18.2 Å². The first kappa shape index (κ1) is 15.3. The van der Waals surface area contributed by atoms with Gasteiger partial charge in [0, 0.05) is 37.1 Å². The lowest BCUT2D eigenvalue weighted by molar-refractivity contribution is 0.171. The average Bonchev–Trinajstić information content (AvgIpc) is 2.41. The van der Waals surface area contributed by atoms with E-state index in [9.17, 15) is 0 Å². The van der Waals surface area contributed by atoms with E-state index in [0.717, 1.165) is 48.4 Å². The quantitative estimate of drug-likeness (QED) is 0.512. The molecule has 0 fully saturated rings. The maximum absolute atomic E-state index is 5.76. The summed E-state index contributed by atoms with van der Waals surface area (Å²) in [5, 5.41) is 0.778. The van der Waals surface area contributed by atoms with Gasteiger partial charge in [-0.3, -0.25) is 0 Å². The Morgan fingerprint density at radius 1 is 1.11 bits per heavy atom. The van der Waals surface area contributed by atoms with E-state index in [1.54, 1.807) is 7.11 Å². The van der Waals surface area contributed by atoms with Gasteiger partial charge in [0.15, 0.2) is 0 Å². The van der Waals surface area contributed by atoms with Crippen molar-refractivity contribution in [2.75, 3.05) is 26.9 Å². The van der Waals surface area contributed by atoms with Gasteiger partial charge in [-0.2, -0.15) is 0 Å². The molecule has 0 N–H and O–H groups in total. The molecule has 0 atom stereocenters. The molecule has 0 aliphatic carbocycles. The molecule has 0 aliphatic heterocycles. The monoisotopic (exact) mass is 316 g/mol. The second-order valence-electron chi connectivity index (χ2n) is 3.95. The third-order valence-corrected chi connectivity index (χ3v) is 3.01. The zero-order chi connectivity index (χ0) is 13.2. The fourth-order valence-electron chi connectivity index (χ4n) is 1.47. The van der Waals surface area contributed by atoms with E-state index < -0.39 is 0 Å². The van der Waals surface area contributed by atoms with Crippen LogP contribution >= 0.6 is 15.9 Å². The Morgan fingerprint density at radius 2 is 1.94 bits per heavy atom. The molecule has 0 aromatic heterocycles. The van der Waals surface area contributed by atoms with E-state index >= 15 is 0 Å². The lowest BCUT2D eigenvalue weighted by atomic mass is 10.2. The van der Waals surface area contributed by atoms with Crippen LogP contribution in [0.2, 0.25) is 0 Å². The van der Waals surface area contributed by atoms with Gasteiger partial charge in [-0.05, 0) is 12.5 Å². The Hall–Kier alpha value is -0.740. The predicted octanol–water partition coefficient (Wildman–Crippen LogP) is 3.79. The molecule has 0 aliphatic rings. The lowest BCUT2D eigenvalue weighted by Gasteiger charge is -2.12. The van der Waals surface area contributed by atoms with Gasteiger partial charge in [0.2, 0.25) is 0 Å². The summed E-state index contributed by atoms with van der Waals surface area (Å²) in [6.07, 6.45) is 1.89. The zero-order valence-electron chi connectivity index (χ0n) is 11.1. The van der Waals surface area contributed by atoms with Gasteiger partial charge in [-0.1, -0.05) is 28.9 Å². The fourth-order valence-corrected chi connectivity index (χ4v) is 1.94. The summed E-state index contributed by atoms with van der Waals surface area (Å²) >= 11 is 3.46. The molecule has 1 aromatic rings. The molecule has 18 heavy (non-hydrogen) atoms. The van der Waals surface area contributed by atoms with E-state index in [4.69, 9.17) is 14.2 Å². The SMILES string of the molecule is CCCOc1ccc(CBr)c(OCCCOC)c1. The number of ether oxygens (including phenoxy) is 3. The highest BCUT2D eigenvalue weighted by molar-refractivity contribution is 9.08. The average molecular weight is 317 g/mol. The predicted molar refractivity (Wildman–Crippen MR) is 76.8 cm³/mol. The molecule has 3 nitrogen and oxygen atoms in total. The van der Waals surface area contributed by atoms with Crippen LogP contribution in [-0.4, -0.2) is 26.9 Å². The van der Waals surface area contributed by atoms with Gasteiger partial charge >= 0.3 is 0 Å². The summed E-state index contributed by atoms with van der Waals surface area (Å²) in [7, 11) is 1.70.